The molecule has 2 fully saturated rings. The first-order chi connectivity index (χ1) is 27.7. The summed E-state index contributed by atoms with van der Waals surface area (Å²) in [7, 11) is 0.897. The van der Waals surface area contributed by atoms with Crippen molar-refractivity contribution in [2.45, 2.75) is 129 Å². The standard InChI is InChI=1S/C21H32INO5Si.C11H12INO4.C11H24O2Si/c1-13-17-16(12-26-29(6,7)21(2,3)4)28-23(18(17)20(24)27-13)11-14-9-8-10-15(22)19(14)25-5;1-16-10(14)7-13(15)6-8-4-3-5-9(12)11(8)17-2;1-10(12)8-7-9-13-14(5,6)11(2,3)4/h8-10,13,16-18H,11-12H2,1-7H3;3-5,7H,6H2,1-2H3;7-8,10,12H,9H2,1-6H3/b;13-7-;8-7-/t13-,16-,17+,18-;;10-/m0.0/s1. The molecule has 2 aliphatic rings. The fourth-order valence-electron chi connectivity index (χ4n) is 5.74. The van der Waals surface area contributed by atoms with Gasteiger partial charge in [-0.25, -0.2) is 9.53 Å². The molecule has 5 atom stereocenters. The zero-order chi connectivity index (χ0) is 45.8. The number of ether oxygens (including phenoxy) is 4. The van der Waals surface area contributed by atoms with E-state index >= 15 is 0 Å². The number of methoxy groups -OCH3 is 3. The number of benzene rings is 2. The van der Waals surface area contributed by atoms with Gasteiger partial charge in [-0.2, -0.15) is 5.06 Å². The fraction of sp³-hybridized carbons (Fsp3) is 0.605. The van der Waals surface area contributed by atoms with Gasteiger partial charge in [0.25, 0.3) is 6.21 Å². The van der Waals surface area contributed by atoms with Crippen LogP contribution in [0.25, 0.3) is 0 Å². The second-order valence-electron chi connectivity index (χ2n) is 17.8. The largest absolute Gasteiger partial charge is 0.623 e. The number of aliphatic hydroxyl groups excluding tert-OH is 1. The molecule has 0 bridgehead atoms. The molecular formula is C43H68I2N2O11Si2. The van der Waals surface area contributed by atoms with Crippen molar-refractivity contribution in [3.05, 3.63) is 72.0 Å². The second-order valence-corrected chi connectivity index (χ2v) is 29.7. The molecule has 2 saturated heterocycles. The van der Waals surface area contributed by atoms with E-state index < -0.39 is 28.6 Å². The van der Waals surface area contributed by atoms with Gasteiger partial charge in [-0.05, 0) is 113 Å². The number of rotatable bonds is 14. The third kappa shape index (κ3) is 15.6. The molecular weight excluding hydrogens is 1030 g/mol. The maximum atomic E-state index is 12.6. The number of para-hydroxylation sites is 2. The van der Waals surface area contributed by atoms with Gasteiger partial charge in [0.1, 0.15) is 29.7 Å². The van der Waals surface area contributed by atoms with Crippen molar-refractivity contribution in [2.75, 3.05) is 34.5 Å². The third-order valence-electron chi connectivity index (χ3n) is 11.2. The molecule has 2 aromatic rings. The van der Waals surface area contributed by atoms with Gasteiger partial charge >= 0.3 is 11.9 Å². The molecule has 4 rings (SSSR count). The van der Waals surface area contributed by atoms with Crippen LogP contribution in [-0.4, -0.2) is 109 Å². The molecule has 17 heteroatoms. The number of cyclic esters (lactones) is 1. The Labute approximate surface area is 387 Å². The minimum Gasteiger partial charge on any atom is -0.623 e. The summed E-state index contributed by atoms with van der Waals surface area (Å²) in [6, 6.07) is 11.0. The maximum absolute atomic E-state index is 12.6. The molecule has 2 heterocycles. The number of hydrogen-bond acceptors (Lipinski definition) is 12. The van der Waals surface area contributed by atoms with Gasteiger partial charge in [0.2, 0.25) is 0 Å². The van der Waals surface area contributed by atoms with E-state index in [9.17, 15) is 14.8 Å². The van der Waals surface area contributed by atoms with Crippen LogP contribution in [0.15, 0.2) is 48.6 Å². The Morgan fingerprint density at radius 3 is 1.95 bits per heavy atom. The van der Waals surface area contributed by atoms with Crippen molar-refractivity contribution in [3.8, 4) is 11.5 Å². The number of carbonyl (C=O) groups excluding carboxylic acids is 2. The Morgan fingerprint density at radius 1 is 0.933 bits per heavy atom. The summed E-state index contributed by atoms with van der Waals surface area (Å²) < 4.78 is 35.5. The van der Waals surface area contributed by atoms with Crippen LogP contribution >= 0.6 is 45.2 Å². The SMILES string of the molecule is COC(=O)/C=[N+](\[O-])Cc1cccc(I)c1OC.COc1c(I)cccc1CN1O[C@@H](CO[Si](C)(C)C(C)(C)C)[C@H]2[C@H](C)OC(=O)[C@H]21.C[C@H](O)/C=C\CO[Si](C)(C)C(C)(C)C. The van der Waals surface area contributed by atoms with Gasteiger partial charge in [0.15, 0.2) is 23.2 Å². The van der Waals surface area contributed by atoms with Gasteiger partial charge in [-0.15, -0.1) is 0 Å². The van der Waals surface area contributed by atoms with Crippen molar-refractivity contribution >= 4 is 80.0 Å². The molecule has 0 unspecified atom stereocenters. The summed E-state index contributed by atoms with van der Waals surface area (Å²) in [6.45, 7) is 27.5. The summed E-state index contributed by atoms with van der Waals surface area (Å²) in [5, 5.41) is 22.6. The first kappa shape index (κ1) is 54.0. The summed E-state index contributed by atoms with van der Waals surface area (Å²) in [6.07, 6.45) is 3.74. The first-order valence-electron chi connectivity index (χ1n) is 20.0. The van der Waals surface area contributed by atoms with Crippen molar-refractivity contribution in [3.63, 3.8) is 0 Å². The van der Waals surface area contributed by atoms with Gasteiger partial charge in [-0.3, -0.25) is 9.63 Å². The number of hydroxylamine groups is 3. The Kier molecular flexibility index (Phi) is 21.2. The van der Waals surface area contributed by atoms with Crippen molar-refractivity contribution in [1.29, 1.82) is 0 Å². The summed E-state index contributed by atoms with van der Waals surface area (Å²) >= 11 is 4.37. The smallest absolute Gasteiger partial charge is 0.396 e. The Balaban J connectivity index is 0.000000341. The third-order valence-corrected chi connectivity index (χ3v) is 21.9. The van der Waals surface area contributed by atoms with E-state index in [1.165, 1.54) is 7.11 Å². The second kappa shape index (κ2) is 23.5. The van der Waals surface area contributed by atoms with E-state index in [0.29, 0.717) is 30.2 Å². The molecule has 0 amide bonds. The number of esters is 2. The van der Waals surface area contributed by atoms with E-state index in [1.807, 2.05) is 43.3 Å². The molecule has 338 valence electrons. The maximum Gasteiger partial charge on any atom is 0.396 e. The number of aliphatic hydroxyl groups is 1. The molecule has 0 radical (unpaired) electrons. The van der Waals surface area contributed by atoms with Crippen LogP contribution in [-0.2, 0) is 45.8 Å². The molecule has 2 aromatic carbocycles. The normalized spacial score (nSPS) is 20.4. The highest BCUT2D eigenvalue weighted by Gasteiger charge is 2.57. The number of carbonyl (C=O) groups is 2. The predicted molar refractivity (Wildman–Crippen MR) is 257 cm³/mol. The predicted octanol–water partition coefficient (Wildman–Crippen LogP) is 8.87. The van der Waals surface area contributed by atoms with Gasteiger partial charge in [-0.1, -0.05) is 71.9 Å². The quantitative estimate of drug-likeness (QED) is 0.0282. The molecule has 0 aliphatic carbocycles. The molecule has 0 aromatic heterocycles. The van der Waals surface area contributed by atoms with E-state index in [0.717, 1.165) is 30.2 Å². The minimum absolute atomic E-state index is 0.0368. The Morgan fingerprint density at radius 2 is 1.45 bits per heavy atom. The van der Waals surface area contributed by atoms with Crippen molar-refractivity contribution in [1.82, 2.24) is 5.06 Å². The van der Waals surface area contributed by atoms with Gasteiger partial charge in [0.05, 0.1) is 65.8 Å². The topological polar surface area (TPSA) is 148 Å². The van der Waals surface area contributed by atoms with Crippen molar-refractivity contribution < 1.29 is 52.1 Å². The molecule has 2 aliphatic heterocycles. The lowest BCUT2D eigenvalue weighted by atomic mass is 9.93. The first-order valence-corrected chi connectivity index (χ1v) is 27.9. The number of hydrogen-bond donors (Lipinski definition) is 1. The fourth-order valence-corrected chi connectivity index (χ4v) is 9.25. The van der Waals surface area contributed by atoms with E-state index in [-0.39, 0.29) is 46.8 Å². The Bertz CT molecular complexity index is 1780. The average molecular weight is 1100 g/mol. The summed E-state index contributed by atoms with van der Waals surface area (Å²) in [5.74, 6) is 0.522. The summed E-state index contributed by atoms with van der Waals surface area (Å²) in [5.41, 5.74) is 1.70. The van der Waals surface area contributed by atoms with E-state index in [4.69, 9.17) is 33.0 Å². The lowest BCUT2D eigenvalue weighted by Crippen LogP contribution is -2.44. The lowest BCUT2D eigenvalue weighted by molar-refractivity contribution is -0.469. The van der Waals surface area contributed by atoms with Crippen LogP contribution in [0.1, 0.15) is 66.5 Å². The highest BCUT2D eigenvalue weighted by atomic mass is 127. The zero-order valence-corrected chi connectivity index (χ0v) is 44.4. The molecule has 1 N–H and O–H groups in total. The molecule has 0 spiro atoms. The minimum atomic E-state index is -1.92. The van der Waals surface area contributed by atoms with Crippen LogP contribution in [0.3, 0.4) is 0 Å². The molecule has 60 heavy (non-hydrogen) atoms. The number of fused-ring (bicyclic) bond motifs is 1. The Hall–Kier alpha value is -2.12. The zero-order valence-electron chi connectivity index (χ0n) is 38.1. The van der Waals surface area contributed by atoms with Crippen LogP contribution in [0.5, 0.6) is 11.5 Å². The highest BCUT2D eigenvalue weighted by molar-refractivity contribution is 14.1. The number of halogens is 2. The van der Waals surface area contributed by atoms with Crippen molar-refractivity contribution in [2.24, 2.45) is 5.92 Å². The highest BCUT2D eigenvalue weighted by Crippen LogP contribution is 2.42. The molecule has 0 saturated carbocycles. The van der Waals surface area contributed by atoms with E-state index in [1.54, 1.807) is 38.3 Å². The van der Waals surface area contributed by atoms with Crippen LogP contribution in [0.4, 0.5) is 0 Å². The molecule has 13 nitrogen and oxygen atoms in total. The van der Waals surface area contributed by atoms with Crippen LogP contribution < -0.4 is 9.47 Å². The average Bonchev–Trinajstić information content (AvgIpc) is 3.65. The number of nitrogens with zero attached hydrogens (tertiary/aromatic N) is 2. The summed E-state index contributed by atoms with van der Waals surface area (Å²) in [4.78, 5) is 29.8. The van der Waals surface area contributed by atoms with Crippen LogP contribution in [0.2, 0.25) is 36.3 Å². The lowest BCUT2D eigenvalue weighted by Gasteiger charge is -2.37. The van der Waals surface area contributed by atoms with E-state index in [2.05, 4.69) is 118 Å². The van der Waals surface area contributed by atoms with Gasteiger partial charge in [0, 0.05) is 5.56 Å². The monoisotopic (exact) mass is 1100 g/mol. The van der Waals surface area contributed by atoms with Gasteiger partial charge < -0.3 is 38.1 Å². The van der Waals surface area contributed by atoms with Crippen LogP contribution in [0, 0.1) is 18.3 Å².